The van der Waals surface area contributed by atoms with Crippen LogP contribution in [0, 0.1) is 5.92 Å². The molecule has 0 radical (unpaired) electrons. The van der Waals surface area contributed by atoms with Gasteiger partial charge in [-0.1, -0.05) is 13.3 Å². The summed E-state index contributed by atoms with van der Waals surface area (Å²) < 4.78 is 10.9. The van der Waals surface area contributed by atoms with Crippen LogP contribution in [0.5, 0.6) is 11.5 Å². The number of aromatic hydroxyl groups is 1. The van der Waals surface area contributed by atoms with Crippen LogP contribution in [0.15, 0.2) is 24.5 Å². The molecule has 1 aliphatic carbocycles. The van der Waals surface area contributed by atoms with Gasteiger partial charge in [0.25, 0.3) is 0 Å². The normalized spacial score (nSPS) is 23.5. The minimum atomic E-state index is 0.199. The molecule has 1 N–H and O–H groups in total. The van der Waals surface area contributed by atoms with Crippen molar-refractivity contribution in [1.82, 2.24) is 0 Å². The molecule has 19 heavy (non-hydrogen) atoms. The van der Waals surface area contributed by atoms with Crippen LogP contribution >= 0.6 is 0 Å². The number of hydrogen-bond donors (Lipinski definition) is 1. The van der Waals surface area contributed by atoms with Crippen molar-refractivity contribution in [1.29, 1.82) is 0 Å². The lowest BCUT2D eigenvalue weighted by molar-refractivity contribution is 0.0871. The van der Waals surface area contributed by atoms with E-state index in [1.54, 1.807) is 25.5 Å². The largest absolute Gasteiger partial charge is 0.508 e. The topological polar surface area (TPSA) is 38.7 Å². The van der Waals surface area contributed by atoms with Crippen molar-refractivity contribution in [3.05, 3.63) is 30.0 Å². The third-order valence-corrected chi connectivity index (χ3v) is 3.57. The van der Waals surface area contributed by atoms with E-state index in [1.165, 1.54) is 12.8 Å². The van der Waals surface area contributed by atoms with E-state index in [-0.39, 0.29) is 5.75 Å². The lowest BCUT2D eigenvalue weighted by Crippen LogP contribution is -2.19. The number of methoxy groups -OCH3 is 1. The van der Waals surface area contributed by atoms with E-state index in [4.69, 9.17) is 9.47 Å². The molecule has 3 nitrogen and oxygen atoms in total. The highest BCUT2D eigenvalue weighted by atomic mass is 16.5. The van der Waals surface area contributed by atoms with Crippen LogP contribution in [0.1, 0.15) is 38.2 Å². The molecule has 0 bridgehead atoms. The molecule has 0 saturated heterocycles. The fraction of sp³-hybridized carbons (Fsp3) is 0.500. The van der Waals surface area contributed by atoms with Gasteiger partial charge in [-0.15, -0.1) is 0 Å². The Morgan fingerprint density at radius 2 is 2.11 bits per heavy atom. The predicted octanol–water partition coefficient (Wildman–Crippen LogP) is 3.97. The molecule has 1 aromatic rings. The fourth-order valence-corrected chi connectivity index (χ4v) is 2.55. The van der Waals surface area contributed by atoms with E-state index in [1.807, 2.05) is 12.1 Å². The van der Waals surface area contributed by atoms with Crippen molar-refractivity contribution in [2.75, 3.05) is 7.11 Å². The lowest BCUT2D eigenvalue weighted by atomic mass is 9.89. The number of phenols is 1. The van der Waals surface area contributed by atoms with Gasteiger partial charge in [-0.25, -0.2) is 0 Å². The molecule has 104 valence electrons. The smallest absolute Gasteiger partial charge is 0.123 e. The van der Waals surface area contributed by atoms with Gasteiger partial charge in [-0.2, -0.15) is 0 Å². The monoisotopic (exact) mass is 262 g/mol. The van der Waals surface area contributed by atoms with E-state index in [9.17, 15) is 5.11 Å². The maximum atomic E-state index is 9.55. The molecule has 0 aromatic heterocycles. The Kier molecular flexibility index (Phi) is 4.72. The predicted molar refractivity (Wildman–Crippen MR) is 76.2 cm³/mol. The van der Waals surface area contributed by atoms with E-state index in [0.29, 0.717) is 11.9 Å². The molecule has 0 aliphatic heterocycles. The van der Waals surface area contributed by atoms with E-state index >= 15 is 0 Å². The molecular weight excluding hydrogens is 240 g/mol. The fourth-order valence-electron chi connectivity index (χ4n) is 2.55. The first-order chi connectivity index (χ1) is 9.17. The Balaban J connectivity index is 1.93. The number of phenolic OH excluding ortho intramolecular Hbond substituents is 1. The summed E-state index contributed by atoms with van der Waals surface area (Å²) >= 11 is 0. The van der Waals surface area contributed by atoms with Crippen LogP contribution in [0.25, 0.3) is 6.08 Å². The lowest BCUT2D eigenvalue weighted by Gasteiger charge is -2.25. The number of ether oxygens (including phenoxy) is 2. The average molecular weight is 262 g/mol. The van der Waals surface area contributed by atoms with Gasteiger partial charge in [-0.05, 0) is 49.0 Å². The Hall–Kier alpha value is -1.64. The minimum Gasteiger partial charge on any atom is -0.508 e. The van der Waals surface area contributed by atoms with Crippen LogP contribution in [0.2, 0.25) is 0 Å². The second kappa shape index (κ2) is 6.50. The van der Waals surface area contributed by atoms with E-state index < -0.39 is 0 Å². The average Bonchev–Trinajstić information content (AvgIpc) is 2.38. The van der Waals surface area contributed by atoms with Crippen molar-refractivity contribution < 1.29 is 14.6 Å². The molecule has 0 amide bonds. The van der Waals surface area contributed by atoms with Crippen molar-refractivity contribution >= 4 is 6.08 Å². The Morgan fingerprint density at radius 1 is 1.26 bits per heavy atom. The zero-order valence-corrected chi connectivity index (χ0v) is 11.6. The van der Waals surface area contributed by atoms with Crippen molar-refractivity contribution in [3.8, 4) is 11.5 Å². The van der Waals surface area contributed by atoms with E-state index in [0.717, 1.165) is 24.3 Å². The molecule has 1 fully saturated rings. The van der Waals surface area contributed by atoms with Crippen LogP contribution in [-0.2, 0) is 4.74 Å². The second-order valence-corrected chi connectivity index (χ2v) is 5.30. The Bertz CT molecular complexity index is 440. The number of hydrogen-bond acceptors (Lipinski definition) is 3. The summed E-state index contributed by atoms with van der Waals surface area (Å²) in [7, 11) is 1.59. The number of benzene rings is 1. The van der Waals surface area contributed by atoms with Gasteiger partial charge in [0, 0.05) is 6.07 Å². The van der Waals surface area contributed by atoms with Crippen LogP contribution in [0.3, 0.4) is 0 Å². The van der Waals surface area contributed by atoms with Crippen LogP contribution < -0.4 is 4.74 Å². The van der Waals surface area contributed by atoms with Gasteiger partial charge in [0.15, 0.2) is 0 Å². The van der Waals surface area contributed by atoms with E-state index in [2.05, 4.69) is 6.92 Å². The molecule has 0 spiro atoms. The zero-order valence-electron chi connectivity index (χ0n) is 11.6. The molecule has 0 heterocycles. The molecule has 3 heteroatoms. The minimum absolute atomic E-state index is 0.199. The summed E-state index contributed by atoms with van der Waals surface area (Å²) in [5, 5.41) is 9.55. The zero-order chi connectivity index (χ0) is 13.7. The molecular formula is C16H22O3. The van der Waals surface area contributed by atoms with Gasteiger partial charge < -0.3 is 14.6 Å². The SMILES string of the molecule is COc1cc(O)cc(/C=C/OC2CCCC(C)C2)c1. The quantitative estimate of drug-likeness (QED) is 0.834. The summed E-state index contributed by atoms with van der Waals surface area (Å²) in [6.45, 7) is 2.28. The summed E-state index contributed by atoms with van der Waals surface area (Å²) in [6.07, 6.45) is 8.76. The summed E-state index contributed by atoms with van der Waals surface area (Å²) in [5.41, 5.74) is 0.876. The van der Waals surface area contributed by atoms with Gasteiger partial charge >= 0.3 is 0 Å². The molecule has 2 rings (SSSR count). The maximum absolute atomic E-state index is 9.55. The van der Waals surface area contributed by atoms with Crippen molar-refractivity contribution in [3.63, 3.8) is 0 Å². The highest BCUT2D eigenvalue weighted by Gasteiger charge is 2.18. The van der Waals surface area contributed by atoms with Gasteiger partial charge in [0.2, 0.25) is 0 Å². The standard InChI is InChI=1S/C16H22O3/c1-12-4-3-5-15(8-12)19-7-6-13-9-14(17)11-16(10-13)18-2/h6-7,9-12,15,17H,3-5,8H2,1-2H3/b7-6+. The summed E-state index contributed by atoms with van der Waals surface area (Å²) in [5.74, 6) is 1.60. The first-order valence-corrected chi connectivity index (χ1v) is 6.87. The molecule has 1 aliphatic rings. The maximum Gasteiger partial charge on any atom is 0.123 e. The van der Waals surface area contributed by atoms with Gasteiger partial charge in [0.05, 0.1) is 19.5 Å². The third kappa shape index (κ3) is 4.19. The molecule has 1 aromatic carbocycles. The number of rotatable bonds is 4. The first kappa shape index (κ1) is 13.8. The summed E-state index contributed by atoms with van der Waals surface area (Å²) in [6, 6.07) is 5.13. The first-order valence-electron chi connectivity index (χ1n) is 6.87. The summed E-state index contributed by atoms with van der Waals surface area (Å²) in [4.78, 5) is 0. The van der Waals surface area contributed by atoms with Crippen molar-refractivity contribution in [2.24, 2.45) is 5.92 Å². The van der Waals surface area contributed by atoms with Crippen LogP contribution in [0.4, 0.5) is 0 Å². The molecule has 1 saturated carbocycles. The van der Waals surface area contributed by atoms with Crippen molar-refractivity contribution in [2.45, 2.75) is 38.7 Å². The Labute approximate surface area is 114 Å². The Morgan fingerprint density at radius 3 is 2.84 bits per heavy atom. The third-order valence-electron chi connectivity index (χ3n) is 3.57. The highest BCUT2D eigenvalue weighted by Crippen LogP contribution is 2.26. The van der Waals surface area contributed by atoms with Crippen LogP contribution in [-0.4, -0.2) is 18.3 Å². The second-order valence-electron chi connectivity index (χ2n) is 5.30. The highest BCUT2D eigenvalue weighted by molar-refractivity contribution is 5.54. The molecule has 2 unspecified atom stereocenters. The molecule has 2 atom stereocenters. The van der Waals surface area contributed by atoms with Gasteiger partial charge in [-0.3, -0.25) is 0 Å². The van der Waals surface area contributed by atoms with Gasteiger partial charge in [0.1, 0.15) is 11.5 Å².